The van der Waals surface area contributed by atoms with E-state index in [0.29, 0.717) is 6.04 Å². The lowest BCUT2D eigenvalue weighted by Gasteiger charge is -2.19. The van der Waals surface area contributed by atoms with Gasteiger partial charge >= 0.3 is 0 Å². The van der Waals surface area contributed by atoms with E-state index in [1.165, 1.54) is 22.3 Å². The molecule has 0 aliphatic carbocycles. The molecule has 2 rings (SSSR count). The Balaban J connectivity index is 2.30. The van der Waals surface area contributed by atoms with Crippen LogP contribution in [-0.4, -0.2) is 6.54 Å². The first-order valence-electron chi connectivity index (χ1n) is 7.37. The molecule has 2 heteroatoms. The highest BCUT2D eigenvalue weighted by Crippen LogP contribution is 2.26. The van der Waals surface area contributed by atoms with Crippen molar-refractivity contribution in [1.29, 1.82) is 0 Å². The summed E-state index contributed by atoms with van der Waals surface area (Å²) in [5.74, 6) is 2.01. The Morgan fingerprint density at radius 2 is 1.85 bits per heavy atom. The van der Waals surface area contributed by atoms with Crippen molar-refractivity contribution < 1.29 is 4.42 Å². The molecule has 0 radical (unpaired) electrons. The highest BCUT2D eigenvalue weighted by atomic mass is 16.3. The maximum absolute atomic E-state index is 5.69. The zero-order valence-corrected chi connectivity index (χ0v) is 13.2. The molecule has 0 bridgehead atoms. The smallest absolute Gasteiger partial charge is 0.105 e. The third-order valence-electron chi connectivity index (χ3n) is 3.83. The van der Waals surface area contributed by atoms with Crippen LogP contribution in [0, 0.1) is 27.7 Å². The number of likely N-dealkylation sites (N-methyl/N-ethyl adjacent to an activating group) is 1. The van der Waals surface area contributed by atoms with Crippen LogP contribution in [0.25, 0.3) is 0 Å². The molecule has 0 fully saturated rings. The van der Waals surface area contributed by atoms with Crippen molar-refractivity contribution in [2.24, 2.45) is 0 Å². The molecule has 0 aliphatic rings. The standard InChI is InChI=1S/C18H25NO/c1-6-19-18(17-10-14(4)20-15(17)5)11-16-9-12(2)7-8-13(16)3/h7-10,18-19H,6,11H2,1-5H3. The normalized spacial score (nSPS) is 12.7. The van der Waals surface area contributed by atoms with E-state index >= 15 is 0 Å². The van der Waals surface area contributed by atoms with Gasteiger partial charge in [-0.1, -0.05) is 30.7 Å². The molecule has 0 amide bonds. The Morgan fingerprint density at radius 1 is 1.10 bits per heavy atom. The number of hydrogen-bond donors (Lipinski definition) is 1. The van der Waals surface area contributed by atoms with E-state index in [1.807, 2.05) is 6.92 Å². The van der Waals surface area contributed by atoms with Gasteiger partial charge in [-0.2, -0.15) is 0 Å². The van der Waals surface area contributed by atoms with Gasteiger partial charge in [0.15, 0.2) is 0 Å². The molecule has 2 aromatic rings. The van der Waals surface area contributed by atoms with E-state index in [1.54, 1.807) is 0 Å². The van der Waals surface area contributed by atoms with Gasteiger partial charge in [-0.3, -0.25) is 0 Å². The molecule has 1 unspecified atom stereocenters. The van der Waals surface area contributed by atoms with E-state index in [0.717, 1.165) is 24.5 Å². The molecule has 0 saturated carbocycles. The molecule has 0 saturated heterocycles. The van der Waals surface area contributed by atoms with Crippen LogP contribution in [0.5, 0.6) is 0 Å². The molecule has 0 aliphatic heterocycles. The first-order chi connectivity index (χ1) is 9.51. The summed E-state index contributed by atoms with van der Waals surface area (Å²) in [5, 5.41) is 3.59. The lowest BCUT2D eigenvalue weighted by Crippen LogP contribution is -2.23. The average Bonchev–Trinajstić information content (AvgIpc) is 2.72. The van der Waals surface area contributed by atoms with Gasteiger partial charge in [-0.05, 0) is 57.9 Å². The van der Waals surface area contributed by atoms with E-state index < -0.39 is 0 Å². The third kappa shape index (κ3) is 3.31. The lowest BCUT2D eigenvalue weighted by molar-refractivity contribution is 0.484. The molecule has 1 aromatic carbocycles. The summed E-state index contributed by atoms with van der Waals surface area (Å²) in [6.45, 7) is 11.5. The molecular weight excluding hydrogens is 246 g/mol. The predicted octanol–water partition coefficient (Wildman–Crippen LogP) is 4.41. The SMILES string of the molecule is CCNC(Cc1cc(C)ccc1C)c1cc(C)oc1C. The molecule has 1 N–H and O–H groups in total. The fourth-order valence-electron chi connectivity index (χ4n) is 2.78. The van der Waals surface area contributed by atoms with Crippen LogP contribution in [0.2, 0.25) is 0 Å². The Morgan fingerprint density at radius 3 is 2.45 bits per heavy atom. The first-order valence-corrected chi connectivity index (χ1v) is 7.37. The topological polar surface area (TPSA) is 25.2 Å². The second-order valence-corrected chi connectivity index (χ2v) is 5.61. The summed E-state index contributed by atoms with van der Waals surface area (Å²) in [4.78, 5) is 0. The van der Waals surface area contributed by atoms with Crippen molar-refractivity contribution in [3.8, 4) is 0 Å². The van der Waals surface area contributed by atoms with Gasteiger partial charge in [0, 0.05) is 11.6 Å². The fourth-order valence-corrected chi connectivity index (χ4v) is 2.78. The minimum Gasteiger partial charge on any atom is -0.466 e. The van der Waals surface area contributed by atoms with Crippen LogP contribution in [0.4, 0.5) is 0 Å². The van der Waals surface area contributed by atoms with Crippen LogP contribution >= 0.6 is 0 Å². The van der Waals surface area contributed by atoms with Gasteiger partial charge in [0.25, 0.3) is 0 Å². The summed E-state index contributed by atoms with van der Waals surface area (Å²) in [6.07, 6.45) is 1.00. The van der Waals surface area contributed by atoms with Crippen molar-refractivity contribution in [1.82, 2.24) is 5.32 Å². The summed E-state index contributed by atoms with van der Waals surface area (Å²) >= 11 is 0. The largest absolute Gasteiger partial charge is 0.466 e. The predicted molar refractivity (Wildman–Crippen MR) is 84.2 cm³/mol. The van der Waals surface area contributed by atoms with Gasteiger partial charge in [0.1, 0.15) is 11.5 Å². The maximum atomic E-state index is 5.69. The van der Waals surface area contributed by atoms with Crippen LogP contribution in [0.1, 0.15) is 46.7 Å². The summed E-state index contributed by atoms with van der Waals surface area (Å²) < 4.78 is 5.69. The van der Waals surface area contributed by atoms with Crippen LogP contribution in [-0.2, 0) is 6.42 Å². The molecular formula is C18H25NO. The minimum absolute atomic E-state index is 0.318. The fraction of sp³-hybridized carbons (Fsp3) is 0.444. The van der Waals surface area contributed by atoms with Gasteiger partial charge in [-0.15, -0.1) is 0 Å². The number of hydrogen-bond acceptors (Lipinski definition) is 2. The molecule has 0 spiro atoms. The van der Waals surface area contributed by atoms with Crippen molar-refractivity contribution in [3.63, 3.8) is 0 Å². The van der Waals surface area contributed by atoms with E-state index in [4.69, 9.17) is 4.42 Å². The second kappa shape index (κ2) is 6.27. The Kier molecular flexibility index (Phi) is 4.66. The van der Waals surface area contributed by atoms with Gasteiger partial charge in [0.2, 0.25) is 0 Å². The monoisotopic (exact) mass is 271 g/mol. The second-order valence-electron chi connectivity index (χ2n) is 5.61. The van der Waals surface area contributed by atoms with Gasteiger partial charge in [-0.25, -0.2) is 0 Å². The van der Waals surface area contributed by atoms with Crippen LogP contribution < -0.4 is 5.32 Å². The van der Waals surface area contributed by atoms with Crippen molar-refractivity contribution >= 4 is 0 Å². The molecule has 1 atom stereocenters. The highest BCUT2D eigenvalue weighted by molar-refractivity contribution is 5.33. The third-order valence-corrected chi connectivity index (χ3v) is 3.83. The quantitative estimate of drug-likeness (QED) is 0.871. The Bertz CT molecular complexity index is 583. The summed E-state index contributed by atoms with van der Waals surface area (Å²) in [5.41, 5.74) is 5.37. The summed E-state index contributed by atoms with van der Waals surface area (Å²) in [6, 6.07) is 9.16. The number of benzene rings is 1. The van der Waals surface area contributed by atoms with E-state index in [-0.39, 0.29) is 0 Å². The number of furan rings is 1. The van der Waals surface area contributed by atoms with Crippen molar-refractivity contribution in [2.45, 2.75) is 47.1 Å². The number of rotatable bonds is 5. The van der Waals surface area contributed by atoms with Crippen LogP contribution in [0.3, 0.4) is 0 Å². The molecule has 2 nitrogen and oxygen atoms in total. The zero-order valence-electron chi connectivity index (χ0n) is 13.2. The number of aryl methyl sites for hydroxylation is 4. The average molecular weight is 271 g/mol. The van der Waals surface area contributed by atoms with E-state index in [9.17, 15) is 0 Å². The van der Waals surface area contributed by atoms with E-state index in [2.05, 4.69) is 57.3 Å². The molecule has 108 valence electrons. The summed E-state index contributed by atoms with van der Waals surface area (Å²) in [7, 11) is 0. The minimum atomic E-state index is 0.318. The van der Waals surface area contributed by atoms with Gasteiger partial charge < -0.3 is 9.73 Å². The maximum Gasteiger partial charge on any atom is 0.105 e. The lowest BCUT2D eigenvalue weighted by atomic mass is 9.95. The van der Waals surface area contributed by atoms with Crippen molar-refractivity contribution in [3.05, 3.63) is 58.0 Å². The van der Waals surface area contributed by atoms with Crippen LogP contribution in [0.15, 0.2) is 28.7 Å². The Hall–Kier alpha value is -1.54. The first kappa shape index (κ1) is 14.9. The van der Waals surface area contributed by atoms with Crippen molar-refractivity contribution in [2.75, 3.05) is 6.54 Å². The molecule has 1 aromatic heterocycles. The zero-order chi connectivity index (χ0) is 14.7. The molecule has 20 heavy (non-hydrogen) atoms. The Labute approximate surface area is 122 Å². The van der Waals surface area contributed by atoms with Gasteiger partial charge in [0.05, 0.1) is 0 Å². The number of nitrogens with one attached hydrogen (secondary N) is 1. The molecule has 1 heterocycles. The highest BCUT2D eigenvalue weighted by Gasteiger charge is 2.17.